The Balaban J connectivity index is 2.17. The molecule has 3 rings (SSSR count). The third kappa shape index (κ3) is 2.03. The summed E-state index contributed by atoms with van der Waals surface area (Å²) in [5, 5.41) is 5.35. The molecular formula is C14H13N3O2. The van der Waals surface area contributed by atoms with Crippen LogP contribution in [0.5, 0.6) is 0 Å². The molecule has 0 radical (unpaired) electrons. The zero-order chi connectivity index (χ0) is 13.4. The Hall–Kier alpha value is -2.43. The second kappa shape index (κ2) is 4.35. The summed E-state index contributed by atoms with van der Waals surface area (Å²) in [5.41, 5.74) is 2.93. The Morgan fingerprint density at radius 3 is 2.95 bits per heavy atom. The summed E-state index contributed by atoms with van der Waals surface area (Å²) >= 11 is 0. The molecular weight excluding hydrogens is 242 g/mol. The fraction of sp³-hybridized carbons (Fsp3) is 0.214. The third-order valence-electron chi connectivity index (χ3n) is 3.06. The molecule has 0 saturated heterocycles. The number of nitrogens with zero attached hydrogens (tertiary/aromatic N) is 3. The van der Waals surface area contributed by atoms with Gasteiger partial charge in [0.25, 0.3) is 0 Å². The first kappa shape index (κ1) is 11.6. The summed E-state index contributed by atoms with van der Waals surface area (Å²) in [5.74, 6) is 0. The molecule has 0 atom stereocenters. The molecule has 0 amide bonds. The zero-order valence-corrected chi connectivity index (χ0v) is 10.8. The quantitative estimate of drug-likeness (QED) is 0.703. The van der Waals surface area contributed by atoms with Crippen molar-refractivity contribution in [3.8, 4) is 0 Å². The van der Waals surface area contributed by atoms with E-state index >= 15 is 0 Å². The van der Waals surface area contributed by atoms with Crippen LogP contribution < -0.4 is 5.63 Å². The molecule has 96 valence electrons. The van der Waals surface area contributed by atoms with Crippen LogP contribution >= 0.6 is 0 Å². The highest BCUT2D eigenvalue weighted by Crippen LogP contribution is 2.20. The highest BCUT2D eigenvalue weighted by Gasteiger charge is 2.13. The van der Waals surface area contributed by atoms with E-state index in [1.807, 2.05) is 26.0 Å². The van der Waals surface area contributed by atoms with Gasteiger partial charge in [-0.1, -0.05) is 6.07 Å². The minimum Gasteiger partial charge on any atom is -0.404 e. The van der Waals surface area contributed by atoms with Crippen molar-refractivity contribution in [2.24, 2.45) is 0 Å². The standard InChI is InChI=1S/C14H13N3O2/c1-9-6-12(18)19-14-13(9)10(2)16-17(14)8-11-4-3-5-15-7-11/h3-7H,8H2,1-2H3. The fourth-order valence-corrected chi connectivity index (χ4v) is 2.26. The number of aryl methyl sites for hydroxylation is 2. The summed E-state index contributed by atoms with van der Waals surface area (Å²) in [6.45, 7) is 4.34. The summed E-state index contributed by atoms with van der Waals surface area (Å²) in [6, 6.07) is 5.32. The Bertz CT molecular complexity index is 788. The van der Waals surface area contributed by atoms with E-state index in [-0.39, 0.29) is 5.63 Å². The molecule has 0 unspecified atom stereocenters. The van der Waals surface area contributed by atoms with Gasteiger partial charge in [0.1, 0.15) is 0 Å². The highest BCUT2D eigenvalue weighted by atomic mass is 16.4. The van der Waals surface area contributed by atoms with Crippen molar-refractivity contribution in [1.29, 1.82) is 0 Å². The number of hydrogen-bond donors (Lipinski definition) is 0. The first-order chi connectivity index (χ1) is 9.15. The van der Waals surface area contributed by atoms with E-state index in [9.17, 15) is 4.79 Å². The fourth-order valence-electron chi connectivity index (χ4n) is 2.26. The van der Waals surface area contributed by atoms with Crippen molar-refractivity contribution in [2.45, 2.75) is 20.4 Å². The first-order valence-corrected chi connectivity index (χ1v) is 6.02. The van der Waals surface area contributed by atoms with Gasteiger partial charge >= 0.3 is 5.63 Å². The minimum atomic E-state index is -0.350. The Labute approximate surface area is 109 Å². The van der Waals surface area contributed by atoms with Gasteiger partial charge in [-0.3, -0.25) is 4.98 Å². The average molecular weight is 255 g/mol. The smallest absolute Gasteiger partial charge is 0.337 e. The van der Waals surface area contributed by atoms with Crippen molar-refractivity contribution >= 4 is 11.1 Å². The van der Waals surface area contributed by atoms with E-state index in [1.54, 1.807) is 17.1 Å². The maximum absolute atomic E-state index is 11.5. The van der Waals surface area contributed by atoms with Gasteiger partial charge in [0.05, 0.1) is 17.6 Å². The maximum Gasteiger partial charge on any atom is 0.337 e. The van der Waals surface area contributed by atoms with Gasteiger partial charge in [0, 0.05) is 18.5 Å². The van der Waals surface area contributed by atoms with E-state index in [1.165, 1.54) is 6.07 Å². The normalized spacial score (nSPS) is 11.1. The number of pyridine rings is 1. The lowest BCUT2D eigenvalue weighted by molar-refractivity contribution is 0.512. The van der Waals surface area contributed by atoms with E-state index in [0.717, 1.165) is 22.2 Å². The number of aromatic nitrogens is 3. The third-order valence-corrected chi connectivity index (χ3v) is 3.06. The van der Waals surface area contributed by atoms with Crippen molar-refractivity contribution in [2.75, 3.05) is 0 Å². The van der Waals surface area contributed by atoms with Gasteiger partial charge in [-0.05, 0) is 31.0 Å². The van der Waals surface area contributed by atoms with E-state index in [0.29, 0.717) is 12.3 Å². The summed E-state index contributed by atoms with van der Waals surface area (Å²) in [7, 11) is 0. The SMILES string of the molecule is Cc1cc(=O)oc2c1c(C)nn2Cc1cccnc1. The molecule has 3 aromatic heterocycles. The predicted molar refractivity (Wildman–Crippen MR) is 71.1 cm³/mol. The Kier molecular flexibility index (Phi) is 2.67. The van der Waals surface area contributed by atoms with Gasteiger partial charge in [-0.25, -0.2) is 9.48 Å². The average Bonchev–Trinajstić information content (AvgIpc) is 2.67. The molecule has 0 aromatic carbocycles. The Morgan fingerprint density at radius 2 is 2.21 bits per heavy atom. The molecule has 0 bridgehead atoms. The molecule has 0 aliphatic heterocycles. The summed E-state index contributed by atoms with van der Waals surface area (Å²) in [6.07, 6.45) is 3.50. The van der Waals surface area contributed by atoms with Crippen LogP contribution in [0.15, 0.2) is 39.8 Å². The molecule has 5 nitrogen and oxygen atoms in total. The topological polar surface area (TPSA) is 60.9 Å². The van der Waals surface area contributed by atoms with Gasteiger partial charge in [0.15, 0.2) is 0 Å². The second-order valence-electron chi connectivity index (χ2n) is 4.53. The molecule has 19 heavy (non-hydrogen) atoms. The molecule has 0 aliphatic carbocycles. The molecule has 3 aromatic rings. The van der Waals surface area contributed by atoms with Crippen LogP contribution in [0.3, 0.4) is 0 Å². The van der Waals surface area contributed by atoms with Crippen LogP contribution in [0, 0.1) is 13.8 Å². The van der Waals surface area contributed by atoms with Crippen LogP contribution in [0.1, 0.15) is 16.8 Å². The molecule has 0 spiro atoms. The van der Waals surface area contributed by atoms with E-state index < -0.39 is 0 Å². The van der Waals surface area contributed by atoms with Crippen LogP contribution in [-0.4, -0.2) is 14.8 Å². The minimum absolute atomic E-state index is 0.350. The van der Waals surface area contributed by atoms with Gasteiger partial charge < -0.3 is 4.42 Å². The molecule has 0 fully saturated rings. The lowest BCUT2D eigenvalue weighted by Crippen LogP contribution is -2.04. The first-order valence-electron chi connectivity index (χ1n) is 6.02. The molecule has 5 heteroatoms. The summed E-state index contributed by atoms with van der Waals surface area (Å²) < 4.78 is 7.00. The lowest BCUT2D eigenvalue weighted by atomic mass is 10.2. The highest BCUT2D eigenvalue weighted by molar-refractivity contribution is 5.79. The number of hydrogen-bond acceptors (Lipinski definition) is 4. The number of rotatable bonds is 2. The van der Waals surface area contributed by atoms with Crippen molar-refractivity contribution < 1.29 is 4.42 Å². The summed E-state index contributed by atoms with van der Waals surface area (Å²) in [4.78, 5) is 15.6. The molecule has 0 saturated carbocycles. The zero-order valence-electron chi connectivity index (χ0n) is 10.8. The molecule has 3 heterocycles. The van der Waals surface area contributed by atoms with E-state index in [4.69, 9.17) is 4.42 Å². The second-order valence-corrected chi connectivity index (χ2v) is 4.53. The van der Waals surface area contributed by atoms with E-state index in [2.05, 4.69) is 10.1 Å². The van der Waals surface area contributed by atoms with Crippen molar-refractivity contribution in [3.05, 3.63) is 57.8 Å². The largest absolute Gasteiger partial charge is 0.404 e. The maximum atomic E-state index is 11.5. The number of fused-ring (bicyclic) bond motifs is 1. The molecule has 0 N–H and O–H groups in total. The molecule has 0 aliphatic rings. The predicted octanol–water partition coefficient (Wildman–Crippen LogP) is 2.05. The van der Waals surface area contributed by atoms with Crippen LogP contribution in [-0.2, 0) is 6.54 Å². The monoisotopic (exact) mass is 255 g/mol. The van der Waals surface area contributed by atoms with Gasteiger partial charge in [0.2, 0.25) is 5.71 Å². The van der Waals surface area contributed by atoms with Crippen molar-refractivity contribution in [3.63, 3.8) is 0 Å². The van der Waals surface area contributed by atoms with Crippen LogP contribution in [0.4, 0.5) is 0 Å². The van der Waals surface area contributed by atoms with Crippen LogP contribution in [0.25, 0.3) is 11.1 Å². The van der Waals surface area contributed by atoms with Gasteiger partial charge in [-0.15, -0.1) is 0 Å². The lowest BCUT2D eigenvalue weighted by Gasteiger charge is -2.02. The van der Waals surface area contributed by atoms with Crippen LogP contribution in [0.2, 0.25) is 0 Å². The Morgan fingerprint density at radius 1 is 1.37 bits per heavy atom. The van der Waals surface area contributed by atoms with Gasteiger partial charge in [-0.2, -0.15) is 5.10 Å². The van der Waals surface area contributed by atoms with Crippen molar-refractivity contribution in [1.82, 2.24) is 14.8 Å².